The Morgan fingerprint density at radius 1 is 1.37 bits per heavy atom. The summed E-state index contributed by atoms with van der Waals surface area (Å²) >= 11 is 1.63. The Bertz CT molecular complexity index is 634. The summed E-state index contributed by atoms with van der Waals surface area (Å²) in [5.41, 5.74) is 8.31. The van der Waals surface area contributed by atoms with Crippen LogP contribution in [0.25, 0.3) is 0 Å². The number of oxime groups is 1. The highest BCUT2D eigenvalue weighted by molar-refractivity contribution is 7.99. The van der Waals surface area contributed by atoms with Crippen LogP contribution in [0.5, 0.6) is 0 Å². The Hall–Kier alpha value is -1.95. The van der Waals surface area contributed by atoms with Crippen molar-refractivity contribution in [2.24, 2.45) is 17.9 Å². The van der Waals surface area contributed by atoms with Gasteiger partial charge in [0.15, 0.2) is 5.84 Å². The molecule has 19 heavy (non-hydrogen) atoms. The normalized spacial score (nSPS) is 11.8. The first kappa shape index (κ1) is 13.5. The van der Waals surface area contributed by atoms with Crippen LogP contribution in [0.3, 0.4) is 0 Å². The summed E-state index contributed by atoms with van der Waals surface area (Å²) in [7, 11) is 1.92. The first-order chi connectivity index (χ1) is 9.01. The van der Waals surface area contributed by atoms with Gasteiger partial charge in [-0.3, -0.25) is 4.68 Å². The highest BCUT2D eigenvalue weighted by Crippen LogP contribution is 2.29. The summed E-state index contributed by atoms with van der Waals surface area (Å²) in [6, 6.07) is 7.86. The van der Waals surface area contributed by atoms with E-state index in [9.17, 15) is 0 Å². The van der Waals surface area contributed by atoms with Gasteiger partial charge in [0.05, 0.1) is 10.7 Å². The highest BCUT2D eigenvalue weighted by Gasteiger charge is 2.08. The minimum Gasteiger partial charge on any atom is -0.409 e. The molecule has 0 aliphatic carbocycles. The number of nitrogens with two attached hydrogens (primary N) is 1. The van der Waals surface area contributed by atoms with Gasteiger partial charge >= 0.3 is 0 Å². The Balaban J connectivity index is 2.28. The number of aromatic nitrogens is 2. The van der Waals surface area contributed by atoms with Crippen molar-refractivity contribution in [2.75, 3.05) is 0 Å². The van der Waals surface area contributed by atoms with Gasteiger partial charge in [0, 0.05) is 17.5 Å². The quantitative estimate of drug-likeness (QED) is 0.390. The number of aryl methyl sites for hydroxylation is 3. The standard InChI is InChI=1S/C13H16N4OS/c1-8-6-10(4-5-11(8)13(14)16-18)19-12-7-9(2)15-17(12)3/h4-7,18H,1-3H3,(H2,14,16). The van der Waals surface area contributed by atoms with Crippen LogP contribution >= 0.6 is 11.8 Å². The molecule has 0 bridgehead atoms. The second kappa shape index (κ2) is 5.36. The second-order valence-corrected chi connectivity index (χ2v) is 5.41. The van der Waals surface area contributed by atoms with Gasteiger partial charge in [-0.25, -0.2) is 0 Å². The Morgan fingerprint density at radius 2 is 2.11 bits per heavy atom. The Labute approximate surface area is 116 Å². The third-order valence-electron chi connectivity index (χ3n) is 2.76. The van der Waals surface area contributed by atoms with E-state index in [1.165, 1.54) is 0 Å². The van der Waals surface area contributed by atoms with E-state index in [2.05, 4.69) is 10.3 Å². The number of nitrogens with zero attached hydrogens (tertiary/aromatic N) is 3. The summed E-state index contributed by atoms with van der Waals surface area (Å²) < 4.78 is 1.85. The van der Waals surface area contributed by atoms with Gasteiger partial charge in [-0.1, -0.05) is 16.9 Å². The third-order valence-corrected chi connectivity index (χ3v) is 3.84. The Morgan fingerprint density at radius 3 is 2.63 bits per heavy atom. The zero-order valence-corrected chi connectivity index (χ0v) is 11.9. The van der Waals surface area contributed by atoms with E-state index in [4.69, 9.17) is 10.9 Å². The van der Waals surface area contributed by atoms with Crippen molar-refractivity contribution in [2.45, 2.75) is 23.8 Å². The molecule has 0 fully saturated rings. The maximum Gasteiger partial charge on any atom is 0.170 e. The van der Waals surface area contributed by atoms with E-state index < -0.39 is 0 Å². The number of hydrogen-bond donors (Lipinski definition) is 2. The van der Waals surface area contributed by atoms with E-state index in [-0.39, 0.29) is 5.84 Å². The molecule has 5 nitrogen and oxygen atoms in total. The topological polar surface area (TPSA) is 76.4 Å². The summed E-state index contributed by atoms with van der Waals surface area (Å²) in [6.07, 6.45) is 0. The lowest BCUT2D eigenvalue weighted by atomic mass is 10.1. The smallest absolute Gasteiger partial charge is 0.170 e. The Kier molecular flexibility index (Phi) is 3.80. The molecule has 0 atom stereocenters. The van der Waals surface area contributed by atoms with Crippen LogP contribution < -0.4 is 5.73 Å². The molecule has 0 aliphatic heterocycles. The van der Waals surface area contributed by atoms with E-state index in [1.807, 2.05) is 49.8 Å². The molecule has 1 aromatic carbocycles. The lowest BCUT2D eigenvalue weighted by Crippen LogP contribution is -2.14. The first-order valence-corrected chi connectivity index (χ1v) is 6.60. The van der Waals surface area contributed by atoms with Gasteiger partial charge in [0.1, 0.15) is 0 Å². The predicted molar refractivity (Wildman–Crippen MR) is 75.8 cm³/mol. The molecular weight excluding hydrogens is 260 g/mol. The zero-order chi connectivity index (χ0) is 14.0. The van der Waals surface area contributed by atoms with Gasteiger partial charge < -0.3 is 10.9 Å². The number of rotatable bonds is 3. The SMILES string of the molecule is Cc1cc(Sc2ccc(/C(N)=N/O)c(C)c2)n(C)n1. The molecule has 0 saturated heterocycles. The van der Waals surface area contributed by atoms with E-state index in [0.717, 1.165) is 26.7 Å². The van der Waals surface area contributed by atoms with Crippen LogP contribution in [-0.2, 0) is 7.05 Å². The summed E-state index contributed by atoms with van der Waals surface area (Å²) in [6.45, 7) is 3.91. The van der Waals surface area contributed by atoms with Crippen molar-refractivity contribution in [3.63, 3.8) is 0 Å². The van der Waals surface area contributed by atoms with Crippen LogP contribution in [0, 0.1) is 13.8 Å². The molecule has 6 heteroatoms. The number of benzene rings is 1. The fraction of sp³-hybridized carbons (Fsp3) is 0.231. The first-order valence-electron chi connectivity index (χ1n) is 5.78. The van der Waals surface area contributed by atoms with Crippen molar-refractivity contribution < 1.29 is 5.21 Å². The van der Waals surface area contributed by atoms with Crippen LogP contribution in [-0.4, -0.2) is 20.8 Å². The average molecular weight is 276 g/mol. The van der Waals surface area contributed by atoms with Gasteiger partial charge in [0.2, 0.25) is 0 Å². The monoisotopic (exact) mass is 276 g/mol. The number of amidine groups is 1. The highest BCUT2D eigenvalue weighted by atomic mass is 32.2. The van der Waals surface area contributed by atoms with Crippen LogP contribution in [0.2, 0.25) is 0 Å². The number of hydrogen-bond acceptors (Lipinski definition) is 4. The molecule has 2 aromatic rings. The van der Waals surface area contributed by atoms with Crippen molar-refractivity contribution in [3.8, 4) is 0 Å². The molecular formula is C13H16N4OS. The fourth-order valence-electron chi connectivity index (χ4n) is 1.84. The summed E-state index contributed by atoms with van der Waals surface area (Å²) in [5, 5.41) is 17.1. The fourth-order valence-corrected chi connectivity index (χ4v) is 2.86. The lowest BCUT2D eigenvalue weighted by molar-refractivity contribution is 0.318. The summed E-state index contributed by atoms with van der Waals surface area (Å²) in [5.74, 6) is 0.130. The largest absolute Gasteiger partial charge is 0.409 e. The minimum absolute atomic E-state index is 0.130. The lowest BCUT2D eigenvalue weighted by Gasteiger charge is -2.07. The molecule has 0 spiro atoms. The maximum absolute atomic E-state index is 8.70. The van der Waals surface area contributed by atoms with Crippen molar-refractivity contribution in [1.29, 1.82) is 0 Å². The van der Waals surface area contributed by atoms with Gasteiger partial charge in [-0.15, -0.1) is 0 Å². The molecule has 0 unspecified atom stereocenters. The van der Waals surface area contributed by atoms with Gasteiger partial charge in [-0.05, 0) is 43.7 Å². The molecule has 0 radical (unpaired) electrons. The van der Waals surface area contributed by atoms with Crippen LogP contribution in [0.4, 0.5) is 0 Å². The van der Waals surface area contributed by atoms with Crippen molar-refractivity contribution in [3.05, 3.63) is 41.1 Å². The molecule has 3 N–H and O–H groups in total. The summed E-state index contributed by atoms with van der Waals surface area (Å²) in [4.78, 5) is 1.09. The van der Waals surface area contributed by atoms with Crippen LogP contribution in [0.1, 0.15) is 16.8 Å². The molecule has 0 saturated carbocycles. The van der Waals surface area contributed by atoms with Crippen molar-refractivity contribution in [1.82, 2.24) is 9.78 Å². The predicted octanol–water partition coefficient (Wildman–Crippen LogP) is 2.28. The van der Waals surface area contributed by atoms with E-state index in [1.54, 1.807) is 11.8 Å². The van der Waals surface area contributed by atoms with E-state index >= 15 is 0 Å². The molecule has 1 heterocycles. The molecule has 100 valence electrons. The molecule has 2 rings (SSSR count). The van der Waals surface area contributed by atoms with Crippen LogP contribution in [0.15, 0.2) is 39.3 Å². The van der Waals surface area contributed by atoms with E-state index in [0.29, 0.717) is 0 Å². The molecule has 0 amide bonds. The maximum atomic E-state index is 8.70. The second-order valence-electron chi connectivity index (χ2n) is 4.31. The molecule has 0 aliphatic rings. The van der Waals surface area contributed by atoms with Crippen molar-refractivity contribution >= 4 is 17.6 Å². The third kappa shape index (κ3) is 2.90. The minimum atomic E-state index is 0.130. The van der Waals surface area contributed by atoms with Gasteiger partial charge in [-0.2, -0.15) is 5.10 Å². The zero-order valence-electron chi connectivity index (χ0n) is 11.1. The van der Waals surface area contributed by atoms with Gasteiger partial charge in [0.25, 0.3) is 0 Å². The average Bonchev–Trinajstić information content (AvgIpc) is 2.67. The molecule has 1 aromatic heterocycles.